The van der Waals surface area contributed by atoms with E-state index in [2.05, 4.69) is 4.72 Å². The second-order valence-electron chi connectivity index (χ2n) is 3.28. The molecule has 0 spiro atoms. The van der Waals surface area contributed by atoms with E-state index in [0.717, 1.165) is 12.1 Å². The maximum Gasteiger partial charge on any atom is 0.240 e. The number of unbranched alkanes of at least 4 members (excludes halogenated alkanes) is 1. The van der Waals surface area contributed by atoms with E-state index < -0.39 is 15.8 Å². The number of aliphatic hydroxyl groups is 1. The molecule has 0 fully saturated rings. The fourth-order valence-electron chi connectivity index (χ4n) is 1.14. The topological polar surface area (TPSA) is 66.4 Å². The number of aliphatic hydroxyl groups excluding tert-OH is 1. The fraction of sp³-hybridized carbons (Fsp3) is 0.400. The number of rotatable bonds is 6. The Morgan fingerprint density at radius 1 is 1.19 bits per heavy atom. The van der Waals surface area contributed by atoms with Crippen LogP contribution < -0.4 is 4.72 Å². The van der Waals surface area contributed by atoms with Crippen LogP contribution in [0.5, 0.6) is 0 Å². The molecular formula is C10H14FNO3S. The van der Waals surface area contributed by atoms with Gasteiger partial charge in [-0.2, -0.15) is 0 Å². The largest absolute Gasteiger partial charge is 0.396 e. The van der Waals surface area contributed by atoms with Gasteiger partial charge in [-0.25, -0.2) is 17.5 Å². The Hall–Kier alpha value is -0.980. The number of halogens is 1. The Kier molecular flexibility index (Phi) is 4.85. The summed E-state index contributed by atoms with van der Waals surface area (Å²) < 4.78 is 38.2. The summed E-state index contributed by atoms with van der Waals surface area (Å²) in [4.78, 5) is 0.0397. The van der Waals surface area contributed by atoms with E-state index in [0.29, 0.717) is 12.8 Å². The summed E-state index contributed by atoms with van der Waals surface area (Å²) in [5.41, 5.74) is 0. The van der Waals surface area contributed by atoms with Gasteiger partial charge < -0.3 is 5.11 Å². The zero-order valence-corrected chi connectivity index (χ0v) is 9.50. The lowest BCUT2D eigenvalue weighted by Crippen LogP contribution is -2.24. The SMILES string of the molecule is O=S(=O)(NCCCCO)c1ccc(F)cc1. The second-order valence-corrected chi connectivity index (χ2v) is 5.05. The van der Waals surface area contributed by atoms with Crippen molar-refractivity contribution in [2.24, 2.45) is 0 Å². The van der Waals surface area contributed by atoms with Gasteiger partial charge in [-0.1, -0.05) is 0 Å². The highest BCUT2D eigenvalue weighted by Gasteiger charge is 2.12. The van der Waals surface area contributed by atoms with Gasteiger partial charge in [0.1, 0.15) is 5.82 Å². The molecule has 0 heterocycles. The first kappa shape index (κ1) is 13.1. The molecule has 0 aliphatic heterocycles. The molecule has 16 heavy (non-hydrogen) atoms. The first-order chi connectivity index (χ1) is 7.56. The van der Waals surface area contributed by atoms with Crippen LogP contribution in [-0.4, -0.2) is 26.7 Å². The van der Waals surface area contributed by atoms with E-state index in [1.165, 1.54) is 12.1 Å². The Labute approximate surface area is 94.2 Å². The molecule has 0 saturated heterocycles. The van der Waals surface area contributed by atoms with E-state index in [1.54, 1.807) is 0 Å². The number of hydrogen-bond acceptors (Lipinski definition) is 3. The number of sulfonamides is 1. The monoisotopic (exact) mass is 247 g/mol. The van der Waals surface area contributed by atoms with E-state index >= 15 is 0 Å². The molecule has 90 valence electrons. The molecule has 6 heteroatoms. The van der Waals surface area contributed by atoms with Crippen LogP contribution >= 0.6 is 0 Å². The standard InChI is InChI=1S/C10H14FNO3S/c11-9-3-5-10(6-4-9)16(14,15)12-7-1-2-8-13/h3-6,12-13H,1-2,7-8H2. The molecule has 4 nitrogen and oxygen atoms in total. The smallest absolute Gasteiger partial charge is 0.240 e. The Morgan fingerprint density at radius 3 is 2.38 bits per heavy atom. The summed E-state index contributed by atoms with van der Waals surface area (Å²) in [5.74, 6) is -0.473. The first-order valence-electron chi connectivity index (χ1n) is 4.92. The zero-order chi connectivity index (χ0) is 12.0. The summed E-state index contributed by atoms with van der Waals surface area (Å²) >= 11 is 0. The fourth-order valence-corrected chi connectivity index (χ4v) is 2.21. The van der Waals surface area contributed by atoms with Gasteiger partial charge >= 0.3 is 0 Å². The van der Waals surface area contributed by atoms with E-state index in [-0.39, 0.29) is 18.0 Å². The van der Waals surface area contributed by atoms with Crippen molar-refractivity contribution >= 4 is 10.0 Å². The van der Waals surface area contributed by atoms with Crippen LogP contribution in [0.1, 0.15) is 12.8 Å². The first-order valence-corrected chi connectivity index (χ1v) is 6.40. The van der Waals surface area contributed by atoms with Crippen molar-refractivity contribution in [3.63, 3.8) is 0 Å². The van der Waals surface area contributed by atoms with Gasteiger partial charge in [-0.15, -0.1) is 0 Å². The molecule has 0 aromatic heterocycles. The minimum absolute atomic E-state index is 0.0397. The van der Waals surface area contributed by atoms with Crippen LogP contribution in [0.3, 0.4) is 0 Å². The van der Waals surface area contributed by atoms with Gasteiger partial charge in [0, 0.05) is 13.2 Å². The molecule has 0 radical (unpaired) electrons. The van der Waals surface area contributed by atoms with Crippen molar-refractivity contribution in [3.8, 4) is 0 Å². The average Bonchev–Trinajstić information content (AvgIpc) is 2.25. The summed E-state index contributed by atoms with van der Waals surface area (Å²) in [6.45, 7) is 0.304. The molecule has 0 amide bonds. The molecule has 0 aliphatic rings. The molecule has 1 aromatic carbocycles. The highest BCUT2D eigenvalue weighted by atomic mass is 32.2. The minimum Gasteiger partial charge on any atom is -0.396 e. The van der Waals surface area contributed by atoms with E-state index in [4.69, 9.17) is 5.11 Å². The van der Waals surface area contributed by atoms with Gasteiger partial charge in [-0.05, 0) is 37.1 Å². The zero-order valence-electron chi connectivity index (χ0n) is 8.69. The summed E-state index contributed by atoms with van der Waals surface area (Å²) in [6, 6.07) is 4.62. The van der Waals surface area contributed by atoms with Gasteiger partial charge in [0.05, 0.1) is 4.90 Å². The Balaban J connectivity index is 2.60. The summed E-state index contributed by atoms with van der Waals surface area (Å²) in [5, 5.41) is 8.52. The molecule has 0 aliphatic carbocycles. The summed E-state index contributed by atoms with van der Waals surface area (Å²) in [6.07, 6.45) is 1.11. The molecule has 2 N–H and O–H groups in total. The second kappa shape index (κ2) is 5.93. The average molecular weight is 247 g/mol. The van der Waals surface area contributed by atoms with Crippen molar-refractivity contribution in [2.75, 3.05) is 13.2 Å². The van der Waals surface area contributed by atoms with Crippen LogP contribution in [0.4, 0.5) is 4.39 Å². The molecule has 0 bridgehead atoms. The van der Waals surface area contributed by atoms with Crippen molar-refractivity contribution < 1.29 is 17.9 Å². The quantitative estimate of drug-likeness (QED) is 0.733. The lowest BCUT2D eigenvalue weighted by Gasteiger charge is -2.05. The van der Waals surface area contributed by atoms with Crippen molar-refractivity contribution in [1.82, 2.24) is 4.72 Å². The highest BCUT2D eigenvalue weighted by molar-refractivity contribution is 7.89. The Morgan fingerprint density at radius 2 is 1.81 bits per heavy atom. The lowest BCUT2D eigenvalue weighted by molar-refractivity contribution is 0.285. The third-order valence-electron chi connectivity index (χ3n) is 2.00. The molecule has 1 aromatic rings. The van der Waals surface area contributed by atoms with Crippen molar-refractivity contribution in [1.29, 1.82) is 0 Å². The van der Waals surface area contributed by atoms with Crippen molar-refractivity contribution in [3.05, 3.63) is 30.1 Å². The predicted octanol–water partition coefficient (Wildman–Crippen LogP) is 0.876. The molecule has 0 saturated carbocycles. The van der Waals surface area contributed by atoms with Crippen LogP contribution in [0.15, 0.2) is 29.2 Å². The van der Waals surface area contributed by atoms with Gasteiger partial charge in [0.25, 0.3) is 0 Å². The van der Waals surface area contributed by atoms with Crippen LogP contribution in [0, 0.1) is 5.82 Å². The van der Waals surface area contributed by atoms with Gasteiger partial charge in [-0.3, -0.25) is 0 Å². The van der Waals surface area contributed by atoms with Crippen LogP contribution in [-0.2, 0) is 10.0 Å². The van der Waals surface area contributed by atoms with Crippen molar-refractivity contribution in [2.45, 2.75) is 17.7 Å². The normalized spacial score (nSPS) is 11.6. The van der Waals surface area contributed by atoms with Gasteiger partial charge in [0.2, 0.25) is 10.0 Å². The van der Waals surface area contributed by atoms with E-state index in [9.17, 15) is 12.8 Å². The highest BCUT2D eigenvalue weighted by Crippen LogP contribution is 2.09. The van der Waals surface area contributed by atoms with E-state index in [1.807, 2.05) is 0 Å². The number of benzene rings is 1. The third-order valence-corrected chi connectivity index (χ3v) is 3.48. The predicted molar refractivity (Wildman–Crippen MR) is 57.9 cm³/mol. The maximum atomic E-state index is 12.6. The summed E-state index contributed by atoms with van der Waals surface area (Å²) in [7, 11) is -3.56. The molecule has 0 unspecified atom stereocenters. The maximum absolute atomic E-state index is 12.6. The minimum atomic E-state index is -3.56. The molecule has 1 rings (SSSR count). The third kappa shape index (κ3) is 3.88. The number of nitrogens with one attached hydrogen (secondary N) is 1. The molecular weight excluding hydrogens is 233 g/mol. The number of hydrogen-bond donors (Lipinski definition) is 2. The van der Waals surface area contributed by atoms with Gasteiger partial charge in [0.15, 0.2) is 0 Å². The van der Waals surface area contributed by atoms with Crippen LogP contribution in [0.2, 0.25) is 0 Å². The lowest BCUT2D eigenvalue weighted by atomic mass is 10.3. The molecule has 0 atom stereocenters. The Bertz CT molecular complexity index is 416. The van der Waals surface area contributed by atoms with Crippen LogP contribution in [0.25, 0.3) is 0 Å².